The lowest BCUT2D eigenvalue weighted by molar-refractivity contribution is -0.132. The quantitative estimate of drug-likeness (QED) is 0.601. The fraction of sp³-hybridized carbons (Fsp3) is 0.346. The molecule has 2 N–H and O–H groups in total. The molecule has 2 aromatic rings. The molecule has 1 saturated heterocycles. The number of nitrogens with one attached hydrogen (secondary N) is 2. The molecule has 2 amide bonds. The molecular weight excluding hydrogens is 464 g/mol. The van der Waals surface area contributed by atoms with E-state index >= 15 is 0 Å². The highest BCUT2D eigenvalue weighted by Crippen LogP contribution is 2.31. The summed E-state index contributed by atoms with van der Waals surface area (Å²) in [5, 5.41) is 14.5. The first-order valence-corrected chi connectivity index (χ1v) is 13.1. The van der Waals surface area contributed by atoms with Crippen molar-refractivity contribution in [2.24, 2.45) is 0 Å². The number of fused-ring (bicyclic) bond motifs is 1. The molecule has 2 atom stereocenters. The smallest absolute Gasteiger partial charge is 0.243 e. The van der Waals surface area contributed by atoms with E-state index in [4.69, 9.17) is 5.26 Å². The molecule has 0 spiro atoms. The zero-order chi connectivity index (χ0) is 25.0. The second-order valence-corrected chi connectivity index (χ2v) is 10.8. The third kappa shape index (κ3) is 5.45. The van der Waals surface area contributed by atoms with Crippen molar-refractivity contribution in [2.75, 3.05) is 13.1 Å². The Bertz CT molecular complexity index is 1300. The first kappa shape index (κ1) is 24.6. The van der Waals surface area contributed by atoms with Gasteiger partial charge in [0.1, 0.15) is 6.04 Å². The summed E-state index contributed by atoms with van der Waals surface area (Å²) >= 11 is 0. The van der Waals surface area contributed by atoms with Crippen molar-refractivity contribution < 1.29 is 18.0 Å². The van der Waals surface area contributed by atoms with Gasteiger partial charge in [-0.1, -0.05) is 35.9 Å². The summed E-state index contributed by atoms with van der Waals surface area (Å²) in [6, 6.07) is 13.0. The molecule has 2 aliphatic rings. The van der Waals surface area contributed by atoms with Crippen LogP contribution in [0, 0.1) is 18.3 Å². The Hall–Kier alpha value is -3.48. The standard InChI is InChI=1S/C26H28N4O4S/c1-18-7-10-21(11-8-18)35(33,34)30-15-14-28-26(32)24(30)17-25(31)29-23-6-2-5-20-16-19(4-3-13-27)9-12-22(20)23/h3-4,7-12,16,23-24H,2,5-6,14-15,17H2,1H3,(H,28,32)(H,29,31)/t23-,24-/m1/s1. The van der Waals surface area contributed by atoms with E-state index in [2.05, 4.69) is 10.6 Å². The van der Waals surface area contributed by atoms with Crippen molar-refractivity contribution in [1.82, 2.24) is 14.9 Å². The second-order valence-electron chi connectivity index (χ2n) is 8.87. The Kier molecular flexibility index (Phi) is 7.34. The maximum Gasteiger partial charge on any atom is 0.243 e. The average molecular weight is 493 g/mol. The molecule has 1 fully saturated rings. The van der Waals surface area contributed by atoms with Crippen molar-refractivity contribution in [3.8, 4) is 6.07 Å². The SMILES string of the molecule is Cc1ccc(S(=O)(=O)N2CCNC(=O)[C@H]2CC(=O)N[C@@H]2CCCc3cc(C=CC#N)ccc32)cc1. The average Bonchev–Trinajstić information content (AvgIpc) is 2.84. The molecule has 1 heterocycles. The predicted molar refractivity (Wildman–Crippen MR) is 131 cm³/mol. The van der Waals surface area contributed by atoms with Gasteiger partial charge in [-0.05, 0) is 61.1 Å². The molecule has 0 saturated carbocycles. The number of piperazine rings is 1. The van der Waals surface area contributed by atoms with Gasteiger partial charge in [0.2, 0.25) is 21.8 Å². The fourth-order valence-corrected chi connectivity index (χ4v) is 6.26. The minimum absolute atomic E-state index is 0.102. The minimum atomic E-state index is -3.94. The number of allylic oxidation sites excluding steroid dienone is 1. The summed E-state index contributed by atoms with van der Waals surface area (Å²) in [6.07, 6.45) is 5.44. The van der Waals surface area contributed by atoms with Gasteiger partial charge in [0.15, 0.2) is 0 Å². The molecule has 0 unspecified atom stereocenters. The zero-order valence-corrected chi connectivity index (χ0v) is 20.3. The van der Waals surface area contributed by atoms with Gasteiger partial charge in [-0.3, -0.25) is 9.59 Å². The molecule has 1 aliphatic heterocycles. The summed E-state index contributed by atoms with van der Waals surface area (Å²) in [7, 11) is -3.94. The van der Waals surface area contributed by atoms with Gasteiger partial charge in [0.25, 0.3) is 0 Å². The lowest BCUT2D eigenvalue weighted by Gasteiger charge is -2.34. The van der Waals surface area contributed by atoms with E-state index in [1.807, 2.05) is 31.2 Å². The maximum absolute atomic E-state index is 13.3. The number of amides is 2. The molecule has 8 nitrogen and oxygen atoms in total. The van der Waals surface area contributed by atoms with Crippen LogP contribution in [0.2, 0.25) is 0 Å². The number of hydrogen-bond acceptors (Lipinski definition) is 5. The molecule has 0 aromatic heterocycles. The topological polar surface area (TPSA) is 119 Å². The summed E-state index contributed by atoms with van der Waals surface area (Å²) in [5.74, 6) is -0.845. The minimum Gasteiger partial charge on any atom is -0.353 e. The van der Waals surface area contributed by atoms with Gasteiger partial charge in [0.05, 0.1) is 23.4 Å². The summed E-state index contributed by atoms with van der Waals surface area (Å²) in [4.78, 5) is 25.8. The van der Waals surface area contributed by atoms with E-state index in [0.29, 0.717) is 0 Å². The summed E-state index contributed by atoms with van der Waals surface area (Å²) in [5.41, 5.74) is 3.97. The zero-order valence-electron chi connectivity index (χ0n) is 19.5. The number of benzene rings is 2. The number of nitrogens with zero attached hydrogens (tertiary/aromatic N) is 2. The molecular formula is C26H28N4O4S. The summed E-state index contributed by atoms with van der Waals surface area (Å²) in [6.45, 7) is 2.16. The highest BCUT2D eigenvalue weighted by molar-refractivity contribution is 7.89. The van der Waals surface area contributed by atoms with Gasteiger partial charge in [-0.15, -0.1) is 0 Å². The maximum atomic E-state index is 13.3. The van der Waals surface area contributed by atoms with Crippen LogP contribution in [0.3, 0.4) is 0 Å². The number of aryl methyl sites for hydroxylation is 2. The lowest BCUT2D eigenvalue weighted by Crippen LogP contribution is -2.58. The van der Waals surface area contributed by atoms with E-state index in [1.165, 1.54) is 18.2 Å². The number of nitriles is 1. The Morgan fingerprint density at radius 3 is 2.77 bits per heavy atom. The molecule has 4 rings (SSSR count). The largest absolute Gasteiger partial charge is 0.353 e. The number of hydrogen-bond donors (Lipinski definition) is 2. The van der Waals surface area contributed by atoms with Crippen molar-refractivity contribution in [1.29, 1.82) is 5.26 Å². The van der Waals surface area contributed by atoms with Gasteiger partial charge >= 0.3 is 0 Å². The molecule has 0 radical (unpaired) electrons. The van der Waals surface area contributed by atoms with Crippen molar-refractivity contribution >= 4 is 27.9 Å². The van der Waals surface area contributed by atoms with Crippen LogP contribution in [0.1, 0.15) is 47.6 Å². The highest BCUT2D eigenvalue weighted by Gasteiger charge is 2.40. The highest BCUT2D eigenvalue weighted by atomic mass is 32.2. The molecule has 2 aromatic carbocycles. The predicted octanol–water partition coefficient (Wildman–Crippen LogP) is 2.60. The Morgan fingerprint density at radius 1 is 1.26 bits per heavy atom. The van der Waals surface area contributed by atoms with Crippen LogP contribution in [-0.4, -0.2) is 43.7 Å². The van der Waals surface area contributed by atoms with E-state index < -0.39 is 22.0 Å². The number of carbonyl (C=O) groups excluding carboxylic acids is 2. The van der Waals surface area contributed by atoms with Crippen LogP contribution in [-0.2, 0) is 26.0 Å². The Labute approximate surface area is 205 Å². The normalized spacial score (nSPS) is 20.6. The number of sulfonamides is 1. The van der Waals surface area contributed by atoms with Crippen LogP contribution in [0.15, 0.2) is 53.4 Å². The fourth-order valence-electron chi connectivity index (χ4n) is 4.67. The molecule has 182 valence electrons. The monoisotopic (exact) mass is 492 g/mol. The van der Waals surface area contributed by atoms with E-state index in [0.717, 1.165) is 45.8 Å². The van der Waals surface area contributed by atoms with Crippen molar-refractivity contribution in [3.05, 3.63) is 70.8 Å². The first-order valence-electron chi connectivity index (χ1n) is 11.6. The Morgan fingerprint density at radius 2 is 2.03 bits per heavy atom. The van der Waals surface area contributed by atoms with Gasteiger partial charge in [-0.25, -0.2) is 8.42 Å². The van der Waals surface area contributed by atoms with E-state index in [-0.39, 0.29) is 36.4 Å². The van der Waals surface area contributed by atoms with Crippen LogP contribution >= 0.6 is 0 Å². The third-order valence-corrected chi connectivity index (χ3v) is 8.38. The van der Waals surface area contributed by atoms with E-state index in [1.54, 1.807) is 18.2 Å². The summed E-state index contributed by atoms with van der Waals surface area (Å²) < 4.78 is 27.7. The number of rotatable bonds is 6. The van der Waals surface area contributed by atoms with Gasteiger partial charge in [0, 0.05) is 19.2 Å². The van der Waals surface area contributed by atoms with Crippen molar-refractivity contribution in [2.45, 2.75) is 49.6 Å². The van der Waals surface area contributed by atoms with Gasteiger partial charge in [-0.2, -0.15) is 9.57 Å². The molecule has 9 heteroatoms. The van der Waals surface area contributed by atoms with Crippen LogP contribution in [0.4, 0.5) is 0 Å². The lowest BCUT2D eigenvalue weighted by atomic mass is 9.86. The molecule has 35 heavy (non-hydrogen) atoms. The second kappa shape index (κ2) is 10.4. The molecule has 1 aliphatic carbocycles. The first-order chi connectivity index (χ1) is 16.8. The van der Waals surface area contributed by atoms with Crippen LogP contribution in [0.25, 0.3) is 6.08 Å². The van der Waals surface area contributed by atoms with Crippen LogP contribution < -0.4 is 10.6 Å². The van der Waals surface area contributed by atoms with Crippen LogP contribution in [0.5, 0.6) is 0 Å². The van der Waals surface area contributed by atoms with Gasteiger partial charge < -0.3 is 10.6 Å². The number of carbonyl (C=O) groups is 2. The Balaban J connectivity index is 1.51. The van der Waals surface area contributed by atoms with Crippen molar-refractivity contribution in [3.63, 3.8) is 0 Å². The van der Waals surface area contributed by atoms with E-state index in [9.17, 15) is 18.0 Å². The third-order valence-electron chi connectivity index (χ3n) is 6.45. The molecule has 0 bridgehead atoms.